The summed E-state index contributed by atoms with van der Waals surface area (Å²) >= 11 is 0. The Morgan fingerprint density at radius 2 is 1.46 bits per heavy atom. The number of hydrogen-bond donors (Lipinski definition) is 1. The first-order chi connectivity index (χ1) is 19.4. The van der Waals surface area contributed by atoms with E-state index in [0.717, 1.165) is 34.2 Å². The van der Waals surface area contributed by atoms with Crippen molar-refractivity contribution in [2.24, 2.45) is 0 Å². The van der Waals surface area contributed by atoms with E-state index in [9.17, 15) is 18.0 Å². The van der Waals surface area contributed by atoms with E-state index in [0.29, 0.717) is 12.1 Å². The molecule has 220 valence electrons. The van der Waals surface area contributed by atoms with E-state index in [1.54, 1.807) is 30.3 Å². The molecular weight excluding hydrogens is 534 g/mol. The molecule has 0 spiro atoms. The van der Waals surface area contributed by atoms with Crippen LogP contribution in [0.1, 0.15) is 61.4 Å². The quantitative estimate of drug-likeness (QED) is 0.293. The molecule has 0 aliphatic rings. The molecular formula is C33H43N3O4S. The van der Waals surface area contributed by atoms with Crippen molar-refractivity contribution in [3.05, 3.63) is 94.5 Å². The highest BCUT2D eigenvalue weighted by molar-refractivity contribution is 7.92. The molecule has 0 heterocycles. The number of amides is 2. The lowest BCUT2D eigenvalue weighted by atomic mass is 10.1. The van der Waals surface area contributed by atoms with Gasteiger partial charge in [-0.05, 0) is 76.8 Å². The number of hydrogen-bond acceptors (Lipinski definition) is 4. The number of sulfonamides is 1. The van der Waals surface area contributed by atoms with Crippen LogP contribution in [0, 0.1) is 27.7 Å². The van der Waals surface area contributed by atoms with Crippen LogP contribution in [0.4, 0.5) is 5.69 Å². The van der Waals surface area contributed by atoms with Gasteiger partial charge < -0.3 is 10.2 Å². The number of nitrogens with zero attached hydrogens (tertiary/aromatic N) is 2. The van der Waals surface area contributed by atoms with Crippen LogP contribution in [0.3, 0.4) is 0 Å². The second-order valence-corrected chi connectivity index (χ2v) is 12.7. The average molecular weight is 578 g/mol. The van der Waals surface area contributed by atoms with Crippen molar-refractivity contribution in [1.29, 1.82) is 0 Å². The molecule has 0 unspecified atom stereocenters. The molecule has 7 nitrogen and oxygen atoms in total. The summed E-state index contributed by atoms with van der Waals surface area (Å²) in [5, 5.41) is 3.01. The molecule has 1 N–H and O–H groups in total. The Morgan fingerprint density at radius 1 is 0.829 bits per heavy atom. The van der Waals surface area contributed by atoms with E-state index < -0.39 is 28.5 Å². The van der Waals surface area contributed by atoms with E-state index in [2.05, 4.69) is 5.32 Å². The predicted octanol–water partition coefficient (Wildman–Crippen LogP) is 5.84. The van der Waals surface area contributed by atoms with Crippen LogP contribution < -0.4 is 9.62 Å². The van der Waals surface area contributed by atoms with E-state index in [1.807, 2.05) is 84.9 Å². The Morgan fingerprint density at radius 3 is 2.05 bits per heavy atom. The number of rotatable bonds is 12. The molecule has 0 aromatic heterocycles. The van der Waals surface area contributed by atoms with Crippen molar-refractivity contribution in [3.63, 3.8) is 0 Å². The van der Waals surface area contributed by atoms with Crippen molar-refractivity contribution in [2.75, 3.05) is 10.8 Å². The van der Waals surface area contributed by atoms with Gasteiger partial charge in [-0.1, -0.05) is 79.1 Å². The highest BCUT2D eigenvalue weighted by Crippen LogP contribution is 2.28. The van der Waals surface area contributed by atoms with Gasteiger partial charge in [-0.25, -0.2) is 8.42 Å². The van der Waals surface area contributed by atoms with E-state index >= 15 is 0 Å². The minimum atomic E-state index is -4.10. The molecule has 2 atom stereocenters. The van der Waals surface area contributed by atoms with E-state index in [1.165, 1.54) is 9.21 Å². The molecule has 0 saturated heterocycles. The van der Waals surface area contributed by atoms with E-state index in [4.69, 9.17) is 0 Å². The fourth-order valence-corrected chi connectivity index (χ4v) is 6.28. The number of carbonyl (C=O) groups excluding carboxylic acids is 2. The summed E-state index contributed by atoms with van der Waals surface area (Å²) in [6.07, 6.45) is 1.14. The molecule has 0 saturated carbocycles. The maximum Gasteiger partial charge on any atom is 0.264 e. The van der Waals surface area contributed by atoms with Crippen molar-refractivity contribution in [2.45, 2.75) is 84.8 Å². The number of anilines is 1. The SMILES string of the molecule is CC[C@H](C(=O)N[C@@H](C)CC)N(Cc1cccc(C)c1)C(=O)CN(c1ccc(C)cc1C)S(=O)(=O)c1ccc(C)cc1. The third kappa shape index (κ3) is 7.97. The summed E-state index contributed by atoms with van der Waals surface area (Å²) in [4.78, 5) is 29.3. The molecule has 8 heteroatoms. The lowest BCUT2D eigenvalue weighted by Crippen LogP contribution is -2.53. The zero-order valence-electron chi connectivity index (χ0n) is 25.3. The monoisotopic (exact) mass is 577 g/mol. The minimum Gasteiger partial charge on any atom is -0.352 e. The largest absolute Gasteiger partial charge is 0.352 e. The lowest BCUT2D eigenvalue weighted by molar-refractivity contribution is -0.140. The summed E-state index contributed by atoms with van der Waals surface area (Å²) in [5.41, 5.74) is 4.98. The summed E-state index contributed by atoms with van der Waals surface area (Å²) in [7, 11) is -4.10. The van der Waals surface area contributed by atoms with Crippen molar-refractivity contribution >= 4 is 27.5 Å². The Balaban J connectivity index is 2.10. The van der Waals surface area contributed by atoms with Crippen molar-refractivity contribution in [3.8, 4) is 0 Å². The standard InChI is InChI=1S/C33H43N3O4S/c1-8-27(7)34-33(38)30(9-2)35(21-28-12-10-11-24(4)20-28)32(37)22-36(31-18-15-25(5)19-26(31)6)41(39,40)29-16-13-23(3)14-17-29/h10-20,27,30H,8-9,21-22H2,1-7H3,(H,34,38)/t27-,30+/m0/s1. The highest BCUT2D eigenvalue weighted by Gasteiger charge is 2.34. The first kappa shape index (κ1) is 31.9. The van der Waals surface area contributed by atoms with Gasteiger partial charge in [-0.2, -0.15) is 0 Å². The third-order valence-corrected chi connectivity index (χ3v) is 9.11. The Bertz CT molecular complexity index is 1470. The highest BCUT2D eigenvalue weighted by atomic mass is 32.2. The second kappa shape index (κ2) is 13.8. The predicted molar refractivity (Wildman–Crippen MR) is 165 cm³/mol. The Hall–Kier alpha value is -3.65. The summed E-state index contributed by atoms with van der Waals surface area (Å²) < 4.78 is 29.3. The summed E-state index contributed by atoms with van der Waals surface area (Å²) in [6.45, 7) is 13.1. The maximum atomic E-state index is 14.2. The van der Waals surface area contributed by atoms with Gasteiger partial charge in [-0.3, -0.25) is 13.9 Å². The fraction of sp³-hybridized carbons (Fsp3) is 0.394. The van der Waals surface area contributed by atoms with Gasteiger partial charge in [0, 0.05) is 12.6 Å². The third-order valence-electron chi connectivity index (χ3n) is 7.33. The molecule has 0 fully saturated rings. The fourth-order valence-electron chi connectivity index (χ4n) is 4.80. The van der Waals surface area contributed by atoms with Gasteiger partial charge >= 0.3 is 0 Å². The van der Waals surface area contributed by atoms with Gasteiger partial charge in [-0.15, -0.1) is 0 Å². The number of benzene rings is 3. The number of nitrogens with one attached hydrogen (secondary N) is 1. The topological polar surface area (TPSA) is 86.8 Å². The summed E-state index contributed by atoms with van der Waals surface area (Å²) in [5.74, 6) is -0.698. The van der Waals surface area contributed by atoms with Crippen LogP contribution in [0.25, 0.3) is 0 Å². The van der Waals surface area contributed by atoms with Gasteiger partial charge in [0.05, 0.1) is 10.6 Å². The molecule has 0 aliphatic heterocycles. The maximum absolute atomic E-state index is 14.2. The Kier molecular flexibility index (Phi) is 10.7. The normalized spacial score (nSPS) is 12.9. The number of aryl methyl sites for hydroxylation is 4. The van der Waals surface area contributed by atoms with Gasteiger partial charge in [0.25, 0.3) is 10.0 Å². The zero-order valence-corrected chi connectivity index (χ0v) is 26.1. The van der Waals surface area contributed by atoms with Crippen LogP contribution in [-0.2, 0) is 26.2 Å². The van der Waals surface area contributed by atoms with Gasteiger partial charge in [0.1, 0.15) is 12.6 Å². The van der Waals surface area contributed by atoms with Crippen LogP contribution in [-0.4, -0.2) is 43.8 Å². The molecule has 41 heavy (non-hydrogen) atoms. The molecule has 2 amide bonds. The van der Waals surface area contributed by atoms with Crippen LogP contribution >= 0.6 is 0 Å². The van der Waals surface area contributed by atoms with Crippen LogP contribution in [0.5, 0.6) is 0 Å². The van der Waals surface area contributed by atoms with Crippen LogP contribution in [0.2, 0.25) is 0 Å². The Labute approximate surface area is 245 Å². The molecule has 0 aliphatic carbocycles. The second-order valence-electron chi connectivity index (χ2n) is 10.9. The first-order valence-electron chi connectivity index (χ1n) is 14.2. The number of carbonyl (C=O) groups is 2. The molecule has 0 radical (unpaired) electrons. The summed E-state index contributed by atoms with van der Waals surface area (Å²) in [6, 6.07) is 19.0. The van der Waals surface area contributed by atoms with Crippen molar-refractivity contribution in [1.82, 2.24) is 10.2 Å². The molecule has 3 aromatic carbocycles. The van der Waals surface area contributed by atoms with Crippen molar-refractivity contribution < 1.29 is 18.0 Å². The molecule has 0 bridgehead atoms. The average Bonchev–Trinajstić information content (AvgIpc) is 2.92. The smallest absolute Gasteiger partial charge is 0.264 e. The minimum absolute atomic E-state index is 0.0545. The lowest BCUT2D eigenvalue weighted by Gasteiger charge is -2.34. The molecule has 3 aromatic rings. The van der Waals surface area contributed by atoms with Crippen LogP contribution in [0.15, 0.2) is 71.6 Å². The zero-order chi connectivity index (χ0) is 30.3. The molecule has 3 rings (SSSR count). The van der Waals surface area contributed by atoms with Gasteiger partial charge in [0.2, 0.25) is 11.8 Å². The van der Waals surface area contributed by atoms with Gasteiger partial charge in [0.15, 0.2) is 0 Å². The first-order valence-corrected chi connectivity index (χ1v) is 15.6. The van der Waals surface area contributed by atoms with E-state index in [-0.39, 0.29) is 23.4 Å².